The fraction of sp³-hybridized carbons (Fsp3) is 0.286. The van der Waals surface area contributed by atoms with Gasteiger partial charge in [0.2, 0.25) is 10.0 Å². The van der Waals surface area contributed by atoms with Gasteiger partial charge in [-0.3, -0.25) is 0 Å². The van der Waals surface area contributed by atoms with E-state index in [1.165, 1.54) is 31.5 Å². The Balaban J connectivity index is 1.57. The molecule has 0 saturated carbocycles. The summed E-state index contributed by atoms with van der Waals surface area (Å²) in [5.74, 6) is 0.385. The molecule has 0 fully saturated rings. The summed E-state index contributed by atoms with van der Waals surface area (Å²) in [6, 6.07) is 6.53. The van der Waals surface area contributed by atoms with Crippen LogP contribution in [-0.4, -0.2) is 57.3 Å². The highest BCUT2D eigenvalue weighted by molar-refractivity contribution is 7.89. The Kier molecular flexibility index (Phi) is 6.49. The third kappa shape index (κ3) is 4.63. The molecule has 0 unspecified atom stereocenters. The standard InChI is InChI=1S/C21H22N6O4S2/c1-4-10-27-17-7-6-14(33(29,30)26(2)3)11-15(17)24-18(27)12-31-21(28)16-13-32-20(25-16)19-22-8-5-9-23-19/h5-9,11,13H,4,10,12H2,1-3H3. The molecule has 10 nitrogen and oxygen atoms in total. The summed E-state index contributed by atoms with van der Waals surface area (Å²) in [5.41, 5.74) is 1.47. The Labute approximate surface area is 195 Å². The molecule has 0 bridgehead atoms. The van der Waals surface area contributed by atoms with Gasteiger partial charge in [-0.15, -0.1) is 11.3 Å². The van der Waals surface area contributed by atoms with Gasteiger partial charge in [0.15, 0.2) is 16.5 Å². The quantitative estimate of drug-likeness (QED) is 0.349. The second-order valence-electron chi connectivity index (χ2n) is 7.30. The maximum atomic E-state index is 12.6. The second-order valence-corrected chi connectivity index (χ2v) is 10.3. The summed E-state index contributed by atoms with van der Waals surface area (Å²) in [5, 5.41) is 2.12. The number of carbonyl (C=O) groups excluding carboxylic acids is 1. The Hall–Kier alpha value is -3.22. The van der Waals surface area contributed by atoms with Crippen LogP contribution in [0.25, 0.3) is 21.9 Å². The molecule has 0 aliphatic rings. The van der Waals surface area contributed by atoms with Crippen molar-refractivity contribution in [2.75, 3.05) is 14.1 Å². The van der Waals surface area contributed by atoms with Crippen molar-refractivity contribution in [1.82, 2.24) is 28.8 Å². The maximum absolute atomic E-state index is 12.6. The average Bonchev–Trinajstić information content (AvgIpc) is 3.43. The van der Waals surface area contributed by atoms with Gasteiger partial charge in [-0.25, -0.2) is 37.5 Å². The molecule has 3 heterocycles. The smallest absolute Gasteiger partial charge is 0.358 e. The molecule has 12 heteroatoms. The van der Waals surface area contributed by atoms with Gasteiger partial charge in [0, 0.05) is 38.4 Å². The first-order valence-electron chi connectivity index (χ1n) is 10.1. The van der Waals surface area contributed by atoms with E-state index in [9.17, 15) is 13.2 Å². The minimum atomic E-state index is -3.59. The Bertz CT molecular complexity index is 1400. The Morgan fingerprint density at radius 1 is 1.18 bits per heavy atom. The van der Waals surface area contributed by atoms with Gasteiger partial charge >= 0.3 is 5.97 Å². The molecule has 1 aromatic carbocycles. The molecule has 4 aromatic rings. The SMILES string of the molecule is CCCn1c(COC(=O)c2csc(-c3ncccn3)n2)nc2cc(S(=O)(=O)N(C)C)ccc21. The van der Waals surface area contributed by atoms with E-state index >= 15 is 0 Å². The van der Waals surface area contributed by atoms with Crippen LogP contribution in [0.4, 0.5) is 0 Å². The third-order valence-corrected chi connectivity index (χ3v) is 7.48. The minimum Gasteiger partial charge on any atom is -0.453 e. The number of aromatic nitrogens is 5. The Morgan fingerprint density at radius 3 is 2.64 bits per heavy atom. The van der Waals surface area contributed by atoms with E-state index in [1.807, 2.05) is 11.5 Å². The zero-order valence-electron chi connectivity index (χ0n) is 18.3. The highest BCUT2D eigenvalue weighted by atomic mass is 32.2. The number of esters is 1. The van der Waals surface area contributed by atoms with Crippen LogP contribution in [0.15, 0.2) is 46.9 Å². The second kappa shape index (κ2) is 9.33. The number of thiazole rings is 1. The topological polar surface area (TPSA) is 120 Å². The fourth-order valence-electron chi connectivity index (χ4n) is 3.20. The zero-order chi connectivity index (χ0) is 23.6. The molecule has 0 aliphatic heterocycles. The largest absolute Gasteiger partial charge is 0.453 e. The highest BCUT2D eigenvalue weighted by Crippen LogP contribution is 2.24. The van der Waals surface area contributed by atoms with Crippen molar-refractivity contribution >= 4 is 38.4 Å². The maximum Gasteiger partial charge on any atom is 0.358 e. The number of nitrogens with zero attached hydrogens (tertiary/aromatic N) is 6. The van der Waals surface area contributed by atoms with Crippen LogP contribution in [0, 0.1) is 0 Å². The van der Waals surface area contributed by atoms with Crippen molar-refractivity contribution in [2.24, 2.45) is 0 Å². The average molecular weight is 487 g/mol. The van der Waals surface area contributed by atoms with Crippen molar-refractivity contribution in [1.29, 1.82) is 0 Å². The van der Waals surface area contributed by atoms with Gasteiger partial charge in [-0.1, -0.05) is 6.92 Å². The van der Waals surface area contributed by atoms with E-state index in [0.29, 0.717) is 28.7 Å². The lowest BCUT2D eigenvalue weighted by Gasteiger charge is -2.11. The highest BCUT2D eigenvalue weighted by Gasteiger charge is 2.21. The van der Waals surface area contributed by atoms with Gasteiger partial charge in [0.05, 0.1) is 15.9 Å². The van der Waals surface area contributed by atoms with Crippen molar-refractivity contribution < 1.29 is 17.9 Å². The van der Waals surface area contributed by atoms with Crippen molar-refractivity contribution in [3.63, 3.8) is 0 Å². The minimum absolute atomic E-state index is 0.0715. The summed E-state index contributed by atoms with van der Waals surface area (Å²) in [7, 11) is -0.625. The van der Waals surface area contributed by atoms with E-state index in [1.54, 1.807) is 36.0 Å². The number of imidazole rings is 1. The van der Waals surface area contributed by atoms with E-state index in [4.69, 9.17) is 4.74 Å². The van der Waals surface area contributed by atoms with Crippen LogP contribution >= 0.6 is 11.3 Å². The van der Waals surface area contributed by atoms with Crippen LogP contribution in [-0.2, 0) is 27.9 Å². The van der Waals surface area contributed by atoms with Gasteiger partial charge in [-0.2, -0.15) is 0 Å². The third-order valence-electron chi connectivity index (χ3n) is 4.83. The van der Waals surface area contributed by atoms with Crippen LogP contribution in [0.3, 0.4) is 0 Å². The van der Waals surface area contributed by atoms with Crippen molar-refractivity contribution in [3.05, 3.63) is 53.6 Å². The number of hydrogen-bond acceptors (Lipinski definition) is 9. The number of sulfonamides is 1. The van der Waals surface area contributed by atoms with E-state index < -0.39 is 16.0 Å². The Morgan fingerprint density at radius 2 is 1.94 bits per heavy atom. The van der Waals surface area contributed by atoms with E-state index in [-0.39, 0.29) is 17.2 Å². The monoisotopic (exact) mass is 486 g/mol. The molecule has 0 amide bonds. The predicted octanol–water partition coefficient (Wildman–Crippen LogP) is 2.97. The predicted molar refractivity (Wildman–Crippen MR) is 123 cm³/mol. The van der Waals surface area contributed by atoms with Crippen LogP contribution in [0.5, 0.6) is 0 Å². The number of ether oxygens (including phenoxy) is 1. The molecule has 172 valence electrons. The number of hydrogen-bond donors (Lipinski definition) is 0. The molecular formula is C21H22N6O4S2. The molecule has 0 saturated heterocycles. The van der Waals surface area contributed by atoms with Gasteiger partial charge in [-0.05, 0) is 30.7 Å². The summed E-state index contributed by atoms with van der Waals surface area (Å²) < 4.78 is 33.5. The van der Waals surface area contributed by atoms with Gasteiger partial charge in [0.1, 0.15) is 12.4 Å². The van der Waals surface area contributed by atoms with Crippen LogP contribution < -0.4 is 0 Å². The van der Waals surface area contributed by atoms with E-state index in [0.717, 1.165) is 16.2 Å². The number of aryl methyl sites for hydroxylation is 1. The lowest BCUT2D eigenvalue weighted by molar-refractivity contribution is 0.0452. The normalized spacial score (nSPS) is 11.9. The first-order valence-corrected chi connectivity index (χ1v) is 12.4. The fourth-order valence-corrected chi connectivity index (χ4v) is 4.85. The number of carbonyl (C=O) groups is 1. The van der Waals surface area contributed by atoms with Crippen LogP contribution in [0.2, 0.25) is 0 Å². The van der Waals surface area contributed by atoms with Gasteiger partial charge in [0.25, 0.3) is 0 Å². The van der Waals surface area contributed by atoms with Crippen molar-refractivity contribution in [2.45, 2.75) is 31.4 Å². The summed E-state index contributed by atoms with van der Waals surface area (Å²) in [6.45, 7) is 2.60. The summed E-state index contributed by atoms with van der Waals surface area (Å²) in [4.78, 5) is 29.8. The molecular weight excluding hydrogens is 464 g/mol. The lowest BCUT2D eigenvalue weighted by atomic mass is 10.3. The first-order chi connectivity index (χ1) is 15.8. The number of fused-ring (bicyclic) bond motifs is 1. The lowest BCUT2D eigenvalue weighted by Crippen LogP contribution is -2.22. The van der Waals surface area contributed by atoms with Crippen molar-refractivity contribution in [3.8, 4) is 10.8 Å². The summed E-state index contributed by atoms with van der Waals surface area (Å²) >= 11 is 1.26. The molecule has 0 aliphatic carbocycles. The molecule has 33 heavy (non-hydrogen) atoms. The van der Waals surface area contributed by atoms with E-state index in [2.05, 4.69) is 19.9 Å². The van der Waals surface area contributed by atoms with Gasteiger partial charge < -0.3 is 9.30 Å². The molecule has 4 rings (SSSR count). The molecule has 0 spiro atoms. The first kappa shape index (κ1) is 23.0. The summed E-state index contributed by atoms with van der Waals surface area (Å²) in [6.07, 6.45) is 4.04. The molecule has 0 N–H and O–H groups in total. The zero-order valence-corrected chi connectivity index (χ0v) is 19.9. The molecule has 0 atom stereocenters. The molecule has 0 radical (unpaired) electrons. The number of benzene rings is 1. The molecule has 3 aromatic heterocycles. The number of rotatable bonds is 8. The van der Waals surface area contributed by atoms with Crippen LogP contribution in [0.1, 0.15) is 29.7 Å².